The van der Waals surface area contributed by atoms with E-state index < -0.39 is 10.0 Å². The van der Waals surface area contributed by atoms with Crippen LogP contribution in [0.4, 0.5) is 5.69 Å². The third-order valence-electron chi connectivity index (χ3n) is 4.99. The Hall–Kier alpha value is -3.01. The molecule has 1 N–H and O–H groups in total. The summed E-state index contributed by atoms with van der Waals surface area (Å²) in [7, 11) is -0.150. The van der Waals surface area contributed by atoms with Crippen LogP contribution in [0.1, 0.15) is 6.92 Å². The van der Waals surface area contributed by atoms with E-state index >= 15 is 0 Å². The molecule has 33 heavy (non-hydrogen) atoms. The van der Waals surface area contributed by atoms with Gasteiger partial charge in [0.1, 0.15) is 17.0 Å². The maximum atomic E-state index is 12.6. The number of sulfonamides is 1. The highest BCUT2D eigenvalue weighted by molar-refractivity contribution is 7.92. The third-order valence-corrected chi connectivity index (χ3v) is 6.83. The van der Waals surface area contributed by atoms with Gasteiger partial charge in [-0.1, -0.05) is 23.2 Å². The molecular formula is C22H20Cl2N4O4S. The van der Waals surface area contributed by atoms with Gasteiger partial charge >= 0.3 is 0 Å². The number of anilines is 1. The van der Waals surface area contributed by atoms with Crippen molar-refractivity contribution in [2.24, 2.45) is 14.1 Å². The monoisotopic (exact) mass is 506 g/mol. The van der Waals surface area contributed by atoms with Crippen molar-refractivity contribution in [1.82, 2.24) is 14.3 Å². The molecular weight excluding hydrogens is 487 g/mol. The Labute approximate surface area is 200 Å². The van der Waals surface area contributed by atoms with Crippen molar-refractivity contribution in [3.63, 3.8) is 0 Å². The molecule has 4 aromatic rings. The van der Waals surface area contributed by atoms with Gasteiger partial charge in [0.2, 0.25) is 10.0 Å². The van der Waals surface area contributed by atoms with E-state index in [0.29, 0.717) is 49.3 Å². The minimum Gasteiger partial charge on any atom is -0.455 e. The first kappa shape index (κ1) is 23.2. The van der Waals surface area contributed by atoms with Crippen LogP contribution in [0.25, 0.3) is 22.0 Å². The number of aryl methyl sites for hydroxylation is 2. The van der Waals surface area contributed by atoms with Crippen molar-refractivity contribution in [2.45, 2.75) is 6.92 Å². The fourth-order valence-electron chi connectivity index (χ4n) is 3.37. The normalized spacial score (nSPS) is 11.7. The number of nitrogens with zero attached hydrogens (tertiary/aromatic N) is 3. The summed E-state index contributed by atoms with van der Waals surface area (Å²) in [5, 5.41) is 5.65. The largest absolute Gasteiger partial charge is 0.455 e. The topological polar surface area (TPSA) is 95.2 Å². The number of halogens is 2. The number of benzene rings is 2. The summed E-state index contributed by atoms with van der Waals surface area (Å²) in [5.41, 5.74) is 1.72. The number of aromatic nitrogens is 3. The second kappa shape index (κ2) is 8.74. The van der Waals surface area contributed by atoms with E-state index in [1.807, 2.05) is 0 Å². The van der Waals surface area contributed by atoms with Crippen LogP contribution < -0.4 is 15.0 Å². The van der Waals surface area contributed by atoms with E-state index in [2.05, 4.69) is 9.82 Å². The fraction of sp³-hybridized carbons (Fsp3) is 0.182. The maximum Gasteiger partial charge on any atom is 0.261 e. The second-order valence-electron chi connectivity index (χ2n) is 7.42. The quantitative estimate of drug-likeness (QED) is 0.405. The summed E-state index contributed by atoms with van der Waals surface area (Å²) < 4.78 is 35.9. The summed E-state index contributed by atoms with van der Waals surface area (Å²) in [6.07, 6.45) is 3.28. The molecule has 0 unspecified atom stereocenters. The number of nitrogens with one attached hydrogen (secondary N) is 1. The summed E-state index contributed by atoms with van der Waals surface area (Å²) >= 11 is 12.3. The van der Waals surface area contributed by atoms with Gasteiger partial charge in [0, 0.05) is 48.3 Å². The van der Waals surface area contributed by atoms with Gasteiger partial charge in [0.25, 0.3) is 5.56 Å². The Morgan fingerprint density at radius 3 is 2.45 bits per heavy atom. The number of pyridine rings is 1. The molecule has 0 fully saturated rings. The van der Waals surface area contributed by atoms with Crippen molar-refractivity contribution >= 4 is 49.8 Å². The summed E-state index contributed by atoms with van der Waals surface area (Å²) in [5.74, 6) is 0.682. The van der Waals surface area contributed by atoms with E-state index in [0.717, 1.165) is 0 Å². The van der Waals surface area contributed by atoms with Gasteiger partial charge in [-0.15, -0.1) is 0 Å². The molecule has 0 amide bonds. The van der Waals surface area contributed by atoms with Crippen LogP contribution in [0.3, 0.4) is 0 Å². The lowest BCUT2D eigenvalue weighted by Gasteiger charge is -2.16. The van der Waals surface area contributed by atoms with E-state index in [1.165, 1.54) is 4.57 Å². The Morgan fingerprint density at radius 1 is 1.03 bits per heavy atom. The zero-order valence-corrected chi connectivity index (χ0v) is 20.3. The van der Waals surface area contributed by atoms with Crippen LogP contribution in [0, 0.1) is 0 Å². The van der Waals surface area contributed by atoms with Gasteiger partial charge in [-0.25, -0.2) is 8.42 Å². The van der Waals surface area contributed by atoms with Crippen molar-refractivity contribution in [1.29, 1.82) is 0 Å². The smallest absolute Gasteiger partial charge is 0.261 e. The molecule has 0 spiro atoms. The van der Waals surface area contributed by atoms with Crippen LogP contribution in [-0.2, 0) is 24.1 Å². The van der Waals surface area contributed by atoms with Gasteiger partial charge in [0.15, 0.2) is 0 Å². The number of hydrogen-bond donors (Lipinski definition) is 1. The van der Waals surface area contributed by atoms with Crippen LogP contribution in [0.2, 0.25) is 10.0 Å². The van der Waals surface area contributed by atoms with E-state index in [9.17, 15) is 13.2 Å². The molecule has 172 valence electrons. The first-order valence-electron chi connectivity index (χ1n) is 9.89. The molecule has 0 aliphatic rings. The van der Waals surface area contributed by atoms with Gasteiger partial charge in [0.05, 0.1) is 16.2 Å². The average Bonchev–Trinajstić information content (AvgIpc) is 3.15. The van der Waals surface area contributed by atoms with Gasteiger partial charge in [-0.05, 0) is 43.3 Å². The Morgan fingerprint density at radius 2 is 1.76 bits per heavy atom. The molecule has 0 aliphatic heterocycles. The molecule has 2 aromatic heterocycles. The Balaban J connectivity index is 1.95. The molecule has 2 aromatic carbocycles. The standard InChI is InChI=1S/C22H20Cl2N4O4S/c1-4-33(30,31)26-14-6-8-19(32-20-7-5-13(23)9-18(20)24)15(10-14)16-11-27(2)22(29)17-12-28(3)25-21(16)17/h5-12,26H,4H2,1-3H3. The van der Waals surface area contributed by atoms with Crippen LogP contribution in [0.15, 0.2) is 53.6 Å². The fourth-order valence-corrected chi connectivity index (χ4v) is 4.44. The molecule has 8 nitrogen and oxygen atoms in total. The van der Waals surface area contributed by atoms with Crippen LogP contribution >= 0.6 is 23.2 Å². The number of rotatable bonds is 6. The van der Waals surface area contributed by atoms with Crippen molar-refractivity contribution in [2.75, 3.05) is 10.5 Å². The first-order chi connectivity index (χ1) is 15.6. The highest BCUT2D eigenvalue weighted by Gasteiger charge is 2.19. The van der Waals surface area contributed by atoms with Crippen molar-refractivity contribution < 1.29 is 13.2 Å². The predicted octanol–water partition coefficient (Wildman–Crippen LogP) is 4.80. The molecule has 0 saturated heterocycles. The minimum absolute atomic E-state index is 0.0781. The van der Waals surface area contributed by atoms with Gasteiger partial charge in [-0.2, -0.15) is 5.10 Å². The summed E-state index contributed by atoms with van der Waals surface area (Å²) in [6.45, 7) is 1.55. The molecule has 0 atom stereocenters. The average molecular weight is 507 g/mol. The summed E-state index contributed by atoms with van der Waals surface area (Å²) in [4.78, 5) is 12.6. The number of hydrogen-bond acceptors (Lipinski definition) is 5. The Kier molecular flexibility index (Phi) is 6.13. The molecule has 0 bridgehead atoms. The predicted molar refractivity (Wildman–Crippen MR) is 131 cm³/mol. The van der Waals surface area contributed by atoms with Crippen LogP contribution in [-0.4, -0.2) is 28.5 Å². The lowest BCUT2D eigenvalue weighted by molar-refractivity contribution is 0.485. The molecule has 11 heteroatoms. The van der Waals surface area contributed by atoms with Crippen molar-refractivity contribution in [3.05, 3.63) is 69.2 Å². The SMILES string of the molecule is CCS(=O)(=O)Nc1ccc(Oc2ccc(Cl)cc2Cl)c(-c2cn(C)c(=O)c3cn(C)nc23)c1. The highest BCUT2D eigenvalue weighted by atomic mass is 35.5. The number of fused-ring (bicyclic) bond motifs is 1. The van der Waals surface area contributed by atoms with E-state index in [4.69, 9.17) is 27.9 Å². The zero-order chi connectivity index (χ0) is 23.9. The minimum atomic E-state index is -3.51. The van der Waals surface area contributed by atoms with Crippen molar-refractivity contribution in [3.8, 4) is 22.6 Å². The first-order valence-corrected chi connectivity index (χ1v) is 12.3. The van der Waals surface area contributed by atoms with Crippen LogP contribution in [0.5, 0.6) is 11.5 Å². The zero-order valence-electron chi connectivity index (χ0n) is 18.0. The third kappa shape index (κ3) is 4.71. The summed E-state index contributed by atoms with van der Waals surface area (Å²) in [6, 6.07) is 9.71. The maximum absolute atomic E-state index is 12.6. The van der Waals surface area contributed by atoms with E-state index in [-0.39, 0.29) is 11.3 Å². The number of ether oxygens (including phenoxy) is 1. The molecule has 2 heterocycles. The molecule has 0 saturated carbocycles. The molecule has 0 aliphatic carbocycles. The highest BCUT2D eigenvalue weighted by Crippen LogP contribution is 2.40. The van der Waals surface area contributed by atoms with E-state index in [1.54, 1.807) is 74.5 Å². The lowest BCUT2D eigenvalue weighted by Crippen LogP contribution is -2.16. The lowest BCUT2D eigenvalue weighted by atomic mass is 10.0. The van der Waals surface area contributed by atoms with Gasteiger partial charge in [-0.3, -0.25) is 14.2 Å². The Bertz CT molecular complexity index is 1540. The molecule has 4 rings (SSSR count). The van der Waals surface area contributed by atoms with Gasteiger partial charge < -0.3 is 9.30 Å². The second-order valence-corrected chi connectivity index (χ2v) is 10.3. The molecule has 0 radical (unpaired) electrons.